The summed E-state index contributed by atoms with van der Waals surface area (Å²) in [7, 11) is 0. The van der Waals surface area contributed by atoms with Crippen LogP contribution in [0.15, 0.2) is 16.8 Å². The maximum absolute atomic E-state index is 12.6. The Labute approximate surface area is 165 Å². The number of ether oxygens (including phenoxy) is 1. The minimum absolute atomic E-state index is 0.0462. The van der Waals surface area contributed by atoms with E-state index in [0.29, 0.717) is 17.5 Å². The number of carbonyl (C=O) groups is 1. The van der Waals surface area contributed by atoms with Gasteiger partial charge in [-0.2, -0.15) is 10.1 Å². The van der Waals surface area contributed by atoms with Gasteiger partial charge < -0.3 is 14.2 Å². The van der Waals surface area contributed by atoms with Crippen LogP contribution < -0.4 is 0 Å². The van der Waals surface area contributed by atoms with Crippen molar-refractivity contribution in [1.82, 2.24) is 24.8 Å². The van der Waals surface area contributed by atoms with Crippen LogP contribution in [0.4, 0.5) is 0 Å². The van der Waals surface area contributed by atoms with E-state index >= 15 is 0 Å². The van der Waals surface area contributed by atoms with E-state index in [1.807, 2.05) is 24.1 Å². The molecule has 8 nitrogen and oxygen atoms in total. The van der Waals surface area contributed by atoms with Crippen molar-refractivity contribution in [2.75, 3.05) is 26.3 Å². The summed E-state index contributed by atoms with van der Waals surface area (Å²) in [6.45, 7) is 5.94. The molecule has 0 atom stereocenters. The standard InChI is InChI=1S/C20H29N5O3/c1-2-25-12-7-17(22-25)20(26)24-10-5-15(6-11-24)3-4-18-21-19(28-23-18)16-8-13-27-14-9-16/h7,12,15-16H,2-6,8-11,13-14H2,1H3. The second-order valence-corrected chi connectivity index (χ2v) is 7.77. The zero-order valence-electron chi connectivity index (χ0n) is 16.5. The summed E-state index contributed by atoms with van der Waals surface area (Å²) in [5, 5.41) is 8.50. The molecule has 0 aromatic carbocycles. The monoisotopic (exact) mass is 387 g/mol. The van der Waals surface area contributed by atoms with Crippen LogP contribution in [0.5, 0.6) is 0 Å². The van der Waals surface area contributed by atoms with E-state index in [4.69, 9.17) is 9.26 Å². The van der Waals surface area contributed by atoms with Crippen LogP contribution in [0.25, 0.3) is 0 Å². The van der Waals surface area contributed by atoms with E-state index in [1.54, 1.807) is 4.68 Å². The maximum atomic E-state index is 12.6. The number of carbonyl (C=O) groups excluding carboxylic acids is 1. The molecule has 0 unspecified atom stereocenters. The Bertz CT molecular complexity index is 772. The number of nitrogens with zero attached hydrogens (tertiary/aromatic N) is 5. The largest absolute Gasteiger partial charge is 0.381 e. The molecule has 0 spiro atoms. The number of amides is 1. The van der Waals surface area contributed by atoms with Crippen molar-refractivity contribution in [1.29, 1.82) is 0 Å². The van der Waals surface area contributed by atoms with Crippen LogP contribution in [0.2, 0.25) is 0 Å². The zero-order valence-corrected chi connectivity index (χ0v) is 16.5. The fourth-order valence-corrected chi connectivity index (χ4v) is 4.05. The third-order valence-electron chi connectivity index (χ3n) is 5.92. The summed E-state index contributed by atoms with van der Waals surface area (Å²) in [6.07, 6.45) is 7.70. The van der Waals surface area contributed by atoms with Gasteiger partial charge in [0.05, 0.1) is 0 Å². The number of rotatable bonds is 6. The van der Waals surface area contributed by atoms with Gasteiger partial charge >= 0.3 is 0 Å². The Balaban J connectivity index is 1.22. The van der Waals surface area contributed by atoms with Gasteiger partial charge in [0.25, 0.3) is 5.91 Å². The molecular weight excluding hydrogens is 358 g/mol. The van der Waals surface area contributed by atoms with Crippen molar-refractivity contribution in [3.05, 3.63) is 29.7 Å². The SMILES string of the molecule is CCn1ccc(C(=O)N2CCC(CCc3noc(C4CCOCC4)n3)CC2)n1. The van der Waals surface area contributed by atoms with Gasteiger partial charge in [-0.3, -0.25) is 9.48 Å². The summed E-state index contributed by atoms with van der Waals surface area (Å²) in [5.41, 5.74) is 0.549. The highest BCUT2D eigenvalue weighted by molar-refractivity contribution is 5.92. The lowest BCUT2D eigenvalue weighted by molar-refractivity contribution is 0.0679. The van der Waals surface area contributed by atoms with Crippen molar-refractivity contribution >= 4 is 5.91 Å². The molecular formula is C20H29N5O3. The first-order chi connectivity index (χ1) is 13.7. The van der Waals surface area contributed by atoms with Gasteiger partial charge in [0.15, 0.2) is 5.82 Å². The molecule has 4 rings (SSSR count). The summed E-state index contributed by atoms with van der Waals surface area (Å²) < 4.78 is 12.7. The molecule has 152 valence electrons. The van der Waals surface area contributed by atoms with Crippen LogP contribution in [0.1, 0.15) is 67.1 Å². The Morgan fingerprint density at radius 1 is 1.21 bits per heavy atom. The van der Waals surface area contributed by atoms with Gasteiger partial charge in [0.2, 0.25) is 5.89 Å². The number of aryl methyl sites for hydroxylation is 2. The second kappa shape index (κ2) is 8.86. The first-order valence-electron chi connectivity index (χ1n) is 10.5. The quantitative estimate of drug-likeness (QED) is 0.757. The predicted molar refractivity (Wildman–Crippen MR) is 102 cm³/mol. The van der Waals surface area contributed by atoms with E-state index in [2.05, 4.69) is 15.2 Å². The highest BCUT2D eigenvalue weighted by Crippen LogP contribution is 2.26. The van der Waals surface area contributed by atoms with Gasteiger partial charge in [-0.25, -0.2) is 0 Å². The van der Waals surface area contributed by atoms with Gasteiger partial charge in [-0.05, 0) is 51.0 Å². The Kier molecular flexibility index (Phi) is 6.04. The zero-order chi connectivity index (χ0) is 19.3. The Morgan fingerprint density at radius 2 is 2.00 bits per heavy atom. The highest BCUT2D eigenvalue weighted by atomic mass is 16.5. The van der Waals surface area contributed by atoms with E-state index in [9.17, 15) is 4.79 Å². The Morgan fingerprint density at radius 3 is 2.71 bits per heavy atom. The summed E-state index contributed by atoms with van der Waals surface area (Å²) in [4.78, 5) is 19.1. The maximum Gasteiger partial charge on any atom is 0.274 e. The van der Waals surface area contributed by atoms with Crippen molar-refractivity contribution in [3.63, 3.8) is 0 Å². The van der Waals surface area contributed by atoms with E-state index in [1.165, 1.54) is 0 Å². The van der Waals surface area contributed by atoms with Crippen molar-refractivity contribution in [3.8, 4) is 0 Å². The van der Waals surface area contributed by atoms with Crippen molar-refractivity contribution in [2.24, 2.45) is 5.92 Å². The van der Waals surface area contributed by atoms with Crippen LogP contribution in [-0.2, 0) is 17.7 Å². The minimum Gasteiger partial charge on any atom is -0.381 e. The van der Waals surface area contributed by atoms with Crippen LogP contribution in [0.3, 0.4) is 0 Å². The molecule has 4 heterocycles. The third kappa shape index (κ3) is 4.43. The lowest BCUT2D eigenvalue weighted by Gasteiger charge is -2.31. The molecule has 0 N–H and O–H groups in total. The fourth-order valence-electron chi connectivity index (χ4n) is 4.05. The first kappa shape index (κ1) is 19.1. The summed E-state index contributed by atoms with van der Waals surface area (Å²) >= 11 is 0. The molecule has 0 radical (unpaired) electrons. The van der Waals surface area contributed by atoms with Crippen LogP contribution in [-0.4, -0.2) is 57.0 Å². The van der Waals surface area contributed by atoms with Gasteiger partial charge in [0, 0.05) is 51.4 Å². The normalized spacial score (nSPS) is 19.2. The van der Waals surface area contributed by atoms with Crippen LogP contribution >= 0.6 is 0 Å². The third-order valence-corrected chi connectivity index (χ3v) is 5.92. The van der Waals surface area contributed by atoms with E-state index in [0.717, 1.165) is 83.1 Å². The van der Waals surface area contributed by atoms with Gasteiger partial charge in [0.1, 0.15) is 5.69 Å². The van der Waals surface area contributed by atoms with E-state index in [-0.39, 0.29) is 5.91 Å². The molecule has 2 aliphatic heterocycles. The molecule has 28 heavy (non-hydrogen) atoms. The highest BCUT2D eigenvalue weighted by Gasteiger charge is 2.26. The Hall–Kier alpha value is -2.22. The molecule has 2 saturated heterocycles. The summed E-state index contributed by atoms with van der Waals surface area (Å²) in [5.74, 6) is 2.57. The molecule has 2 aromatic rings. The summed E-state index contributed by atoms with van der Waals surface area (Å²) in [6, 6.07) is 1.81. The number of hydrogen-bond acceptors (Lipinski definition) is 6. The lowest BCUT2D eigenvalue weighted by atomic mass is 9.92. The molecule has 0 aliphatic carbocycles. The second-order valence-electron chi connectivity index (χ2n) is 7.77. The molecule has 1 amide bonds. The van der Waals surface area contributed by atoms with Crippen molar-refractivity contribution in [2.45, 2.75) is 57.9 Å². The fraction of sp³-hybridized carbons (Fsp3) is 0.700. The topological polar surface area (TPSA) is 86.3 Å². The molecule has 2 fully saturated rings. The van der Waals surface area contributed by atoms with E-state index < -0.39 is 0 Å². The molecule has 2 aliphatic rings. The molecule has 2 aromatic heterocycles. The van der Waals surface area contributed by atoms with Crippen molar-refractivity contribution < 1.29 is 14.1 Å². The van der Waals surface area contributed by atoms with Crippen LogP contribution in [0, 0.1) is 5.92 Å². The smallest absolute Gasteiger partial charge is 0.274 e. The first-order valence-corrected chi connectivity index (χ1v) is 10.5. The molecule has 8 heteroatoms. The van der Waals surface area contributed by atoms with Gasteiger partial charge in [-0.15, -0.1) is 0 Å². The molecule has 0 bridgehead atoms. The number of likely N-dealkylation sites (tertiary alicyclic amines) is 1. The minimum atomic E-state index is 0.0462. The number of aromatic nitrogens is 4. The lowest BCUT2D eigenvalue weighted by Crippen LogP contribution is -2.38. The molecule has 0 saturated carbocycles. The number of hydrogen-bond donors (Lipinski definition) is 0. The average molecular weight is 387 g/mol. The van der Waals surface area contributed by atoms with Gasteiger partial charge in [-0.1, -0.05) is 5.16 Å². The number of piperidine rings is 1. The predicted octanol–water partition coefficient (Wildman–Crippen LogP) is 2.67. The average Bonchev–Trinajstić information content (AvgIpc) is 3.42.